The van der Waals surface area contributed by atoms with E-state index >= 15 is 0 Å². The third-order valence-electron chi connectivity index (χ3n) is 2.45. The molecular formula is C12H15BrClN3O2. The van der Waals surface area contributed by atoms with Crippen LogP contribution >= 0.6 is 27.5 Å². The standard InChI is InChI=1S/C12H15BrClN3O2/c13-10-7-8(14)4-5-9(10)12(18)16-6-2-1-3-11(15)17-19/h4-5,7,19H,1-3,6H2,(H2,15,17)(H,16,18). The van der Waals surface area contributed by atoms with Crippen LogP contribution in [0.15, 0.2) is 27.8 Å². The summed E-state index contributed by atoms with van der Waals surface area (Å²) in [6.45, 7) is 0.534. The number of nitrogens with zero attached hydrogens (tertiary/aromatic N) is 1. The second-order valence-electron chi connectivity index (χ2n) is 3.93. The van der Waals surface area contributed by atoms with E-state index in [1.807, 2.05) is 0 Å². The minimum absolute atomic E-state index is 0.160. The van der Waals surface area contributed by atoms with Gasteiger partial charge in [0.15, 0.2) is 0 Å². The number of unbranched alkanes of at least 4 members (excludes halogenated alkanes) is 1. The van der Waals surface area contributed by atoms with Gasteiger partial charge in [-0.15, -0.1) is 0 Å². The summed E-state index contributed by atoms with van der Waals surface area (Å²) in [6.07, 6.45) is 2.02. The Morgan fingerprint density at radius 2 is 2.21 bits per heavy atom. The zero-order chi connectivity index (χ0) is 14.3. The van der Waals surface area contributed by atoms with E-state index < -0.39 is 0 Å². The maximum absolute atomic E-state index is 11.9. The van der Waals surface area contributed by atoms with E-state index in [4.69, 9.17) is 22.5 Å². The van der Waals surface area contributed by atoms with Crippen LogP contribution in [0.25, 0.3) is 0 Å². The molecule has 1 rings (SSSR count). The number of oxime groups is 1. The molecule has 19 heavy (non-hydrogen) atoms. The highest BCUT2D eigenvalue weighted by Crippen LogP contribution is 2.21. The molecule has 0 heterocycles. The van der Waals surface area contributed by atoms with Gasteiger partial charge in [-0.2, -0.15) is 0 Å². The first kappa shape index (κ1) is 15.8. The highest BCUT2D eigenvalue weighted by molar-refractivity contribution is 9.10. The van der Waals surface area contributed by atoms with E-state index in [9.17, 15) is 4.79 Å². The summed E-state index contributed by atoms with van der Waals surface area (Å²) in [7, 11) is 0. The number of halogens is 2. The Morgan fingerprint density at radius 1 is 1.47 bits per heavy atom. The van der Waals surface area contributed by atoms with Crippen LogP contribution in [0.2, 0.25) is 5.02 Å². The fourth-order valence-corrected chi connectivity index (χ4v) is 2.31. The van der Waals surface area contributed by atoms with Gasteiger partial charge in [-0.25, -0.2) is 0 Å². The highest BCUT2D eigenvalue weighted by Gasteiger charge is 2.09. The molecule has 0 aromatic heterocycles. The fourth-order valence-electron chi connectivity index (χ4n) is 1.45. The Labute approximate surface area is 124 Å². The molecule has 1 aromatic rings. The molecule has 0 saturated carbocycles. The fraction of sp³-hybridized carbons (Fsp3) is 0.333. The third-order valence-corrected chi connectivity index (χ3v) is 3.34. The van der Waals surface area contributed by atoms with Crippen LogP contribution in [-0.2, 0) is 0 Å². The quantitative estimate of drug-likeness (QED) is 0.243. The lowest BCUT2D eigenvalue weighted by Gasteiger charge is -2.07. The highest BCUT2D eigenvalue weighted by atomic mass is 79.9. The molecule has 0 radical (unpaired) electrons. The molecule has 0 atom stereocenters. The van der Waals surface area contributed by atoms with Gasteiger partial charge in [-0.3, -0.25) is 4.79 Å². The van der Waals surface area contributed by atoms with Gasteiger partial charge in [-0.1, -0.05) is 16.8 Å². The first-order valence-corrected chi connectivity index (χ1v) is 6.91. The summed E-state index contributed by atoms with van der Waals surface area (Å²) < 4.78 is 0.661. The number of carbonyl (C=O) groups excluding carboxylic acids is 1. The van der Waals surface area contributed by atoms with Crippen molar-refractivity contribution < 1.29 is 10.0 Å². The van der Waals surface area contributed by atoms with Crippen LogP contribution in [-0.4, -0.2) is 23.5 Å². The van der Waals surface area contributed by atoms with Gasteiger partial charge < -0.3 is 16.3 Å². The van der Waals surface area contributed by atoms with Gasteiger partial charge in [0, 0.05) is 22.5 Å². The average Bonchev–Trinajstić information content (AvgIpc) is 2.37. The zero-order valence-corrected chi connectivity index (χ0v) is 12.5. The van der Waals surface area contributed by atoms with Crippen LogP contribution < -0.4 is 11.1 Å². The lowest BCUT2D eigenvalue weighted by molar-refractivity contribution is 0.0952. The number of rotatable bonds is 6. The Morgan fingerprint density at radius 3 is 2.84 bits per heavy atom. The van der Waals surface area contributed by atoms with E-state index in [1.165, 1.54) is 0 Å². The average molecular weight is 349 g/mol. The van der Waals surface area contributed by atoms with Gasteiger partial charge in [0.2, 0.25) is 0 Å². The summed E-state index contributed by atoms with van der Waals surface area (Å²) in [6, 6.07) is 5.01. The summed E-state index contributed by atoms with van der Waals surface area (Å²) in [5.74, 6) is 0.0408. The van der Waals surface area contributed by atoms with Gasteiger partial charge in [0.1, 0.15) is 5.84 Å². The van der Waals surface area contributed by atoms with E-state index in [-0.39, 0.29) is 11.7 Å². The number of hydrogen-bond donors (Lipinski definition) is 3. The molecule has 0 fully saturated rings. The summed E-state index contributed by atoms with van der Waals surface area (Å²) >= 11 is 9.10. The predicted octanol–water partition coefficient (Wildman–Crippen LogP) is 2.75. The molecule has 0 saturated heterocycles. The van der Waals surface area contributed by atoms with E-state index in [2.05, 4.69) is 26.4 Å². The lowest BCUT2D eigenvalue weighted by atomic mass is 10.2. The number of nitrogens with one attached hydrogen (secondary N) is 1. The number of amides is 1. The zero-order valence-electron chi connectivity index (χ0n) is 10.2. The van der Waals surface area contributed by atoms with Gasteiger partial charge >= 0.3 is 0 Å². The Hall–Kier alpha value is -1.27. The Bertz CT molecular complexity index is 480. The van der Waals surface area contributed by atoms with Crippen LogP contribution in [0.4, 0.5) is 0 Å². The maximum atomic E-state index is 11.9. The molecule has 0 unspecified atom stereocenters. The SMILES string of the molecule is N/C(CCCCNC(=O)c1ccc(Cl)cc1Br)=N/O. The number of nitrogens with two attached hydrogens (primary N) is 1. The van der Waals surface area contributed by atoms with E-state index in [1.54, 1.807) is 18.2 Å². The molecule has 7 heteroatoms. The molecule has 0 bridgehead atoms. The second-order valence-corrected chi connectivity index (χ2v) is 5.22. The smallest absolute Gasteiger partial charge is 0.252 e. The van der Waals surface area contributed by atoms with Crippen molar-refractivity contribution in [3.05, 3.63) is 33.3 Å². The molecule has 104 valence electrons. The van der Waals surface area contributed by atoms with Crippen molar-refractivity contribution in [2.75, 3.05) is 6.54 Å². The molecule has 1 amide bonds. The van der Waals surface area contributed by atoms with Gasteiger partial charge in [0.25, 0.3) is 5.91 Å². The minimum Gasteiger partial charge on any atom is -0.409 e. The van der Waals surface area contributed by atoms with Crippen molar-refractivity contribution in [1.29, 1.82) is 0 Å². The van der Waals surface area contributed by atoms with Crippen molar-refractivity contribution in [3.63, 3.8) is 0 Å². The van der Waals surface area contributed by atoms with Crippen LogP contribution in [0, 0.1) is 0 Å². The largest absolute Gasteiger partial charge is 0.409 e. The number of benzene rings is 1. The summed E-state index contributed by atoms with van der Waals surface area (Å²) in [5.41, 5.74) is 5.88. The van der Waals surface area contributed by atoms with Crippen molar-refractivity contribution in [2.45, 2.75) is 19.3 Å². The molecule has 0 aliphatic rings. The minimum atomic E-state index is -0.160. The molecule has 0 aliphatic heterocycles. The molecule has 0 aliphatic carbocycles. The van der Waals surface area contributed by atoms with Crippen LogP contribution in [0.5, 0.6) is 0 Å². The number of carbonyl (C=O) groups is 1. The van der Waals surface area contributed by atoms with E-state index in [0.29, 0.717) is 28.0 Å². The first-order chi connectivity index (χ1) is 9.04. The Balaban J connectivity index is 2.35. The topological polar surface area (TPSA) is 87.7 Å². The number of hydrogen-bond acceptors (Lipinski definition) is 3. The van der Waals surface area contributed by atoms with Crippen LogP contribution in [0.3, 0.4) is 0 Å². The summed E-state index contributed by atoms with van der Waals surface area (Å²) in [4.78, 5) is 11.9. The first-order valence-electron chi connectivity index (χ1n) is 5.74. The number of amidine groups is 1. The molecule has 4 N–H and O–H groups in total. The maximum Gasteiger partial charge on any atom is 0.252 e. The van der Waals surface area contributed by atoms with Gasteiger partial charge in [-0.05, 0) is 47.0 Å². The van der Waals surface area contributed by atoms with Crippen molar-refractivity contribution in [1.82, 2.24) is 5.32 Å². The predicted molar refractivity (Wildman–Crippen MR) is 78.7 cm³/mol. The summed E-state index contributed by atoms with van der Waals surface area (Å²) in [5, 5.41) is 14.6. The van der Waals surface area contributed by atoms with E-state index in [0.717, 1.165) is 12.8 Å². The molecule has 0 spiro atoms. The van der Waals surface area contributed by atoms with Crippen molar-refractivity contribution in [2.24, 2.45) is 10.9 Å². The molecule has 5 nitrogen and oxygen atoms in total. The lowest BCUT2D eigenvalue weighted by Crippen LogP contribution is -2.25. The third kappa shape index (κ3) is 5.48. The van der Waals surface area contributed by atoms with Crippen molar-refractivity contribution >= 4 is 39.3 Å². The second kappa shape index (κ2) is 8.01. The Kier molecular flexibility index (Phi) is 6.66. The molecule has 1 aromatic carbocycles. The monoisotopic (exact) mass is 347 g/mol. The van der Waals surface area contributed by atoms with Crippen molar-refractivity contribution in [3.8, 4) is 0 Å². The normalized spacial score (nSPS) is 11.4. The van der Waals surface area contributed by atoms with Crippen LogP contribution in [0.1, 0.15) is 29.6 Å². The van der Waals surface area contributed by atoms with Gasteiger partial charge in [0.05, 0.1) is 5.56 Å². The molecular weight excluding hydrogens is 334 g/mol.